The van der Waals surface area contributed by atoms with E-state index in [1.807, 2.05) is 62.6 Å². The Balaban J connectivity index is 1.67. The molecule has 0 bridgehead atoms. The Morgan fingerprint density at radius 2 is 1.88 bits per heavy atom. The SMILES string of the molecule is CN(C)C(CNC(=O)Nc1cccc2ccccc12)c1cccs1. The number of fused-ring (bicyclic) bond motifs is 1. The number of anilines is 1. The van der Waals surface area contributed by atoms with Crippen molar-refractivity contribution in [2.75, 3.05) is 26.0 Å². The zero-order valence-corrected chi connectivity index (χ0v) is 14.6. The molecule has 0 aliphatic rings. The van der Waals surface area contributed by atoms with Crippen LogP contribution in [0.4, 0.5) is 10.5 Å². The maximum atomic E-state index is 12.3. The molecule has 0 saturated heterocycles. The topological polar surface area (TPSA) is 44.4 Å². The van der Waals surface area contributed by atoms with Crippen LogP contribution in [-0.4, -0.2) is 31.6 Å². The predicted molar refractivity (Wildman–Crippen MR) is 102 cm³/mol. The first-order valence-corrected chi connectivity index (χ1v) is 8.75. The quantitative estimate of drug-likeness (QED) is 0.727. The van der Waals surface area contributed by atoms with Crippen LogP contribution in [0.5, 0.6) is 0 Å². The third-order valence-electron chi connectivity index (χ3n) is 3.99. The maximum Gasteiger partial charge on any atom is 0.319 e. The Labute approximate surface area is 146 Å². The molecule has 0 radical (unpaired) electrons. The van der Waals surface area contributed by atoms with E-state index in [0.29, 0.717) is 6.54 Å². The summed E-state index contributed by atoms with van der Waals surface area (Å²) in [5, 5.41) is 10.1. The number of rotatable bonds is 5. The molecular formula is C19H21N3OS. The van der Waals surface area contributed by atoms with Crippen LogP contribution in [0.2, 0.25) is 0 Å². The van der Waals surface area contributed by atoms with Crippen LogP contribution in [0.1, 0.15) is 10.9 Å². The number of likely N-dealkylation sites (N-methyl/N-ethyl adjacent to an activating group) is 1. The summed E-state index contributed by atoms with van der Waals surface area (Å²) in [5.74, 6) is 0. The fourth-order valence-corrected chi connectivity index (χ4v) is 3.63. The highest BCUT2D eigenvalue weighted by molar-refractivity contribution is 7.10. The monoisotopic (exact) mass is 339 g/mol. The molecule has 5 heteroatoms. The van der Waals surface area contributed by atoms with Gasteiger partial charge in [0.05, 0.1) is 11.7 Å². The predicted octanol–water partition coefficient (Wildman–Crippen LogP) is 4.33. The summed E-state index contributed by atoms with van der Waals surface area (Å²) in [6.45, 7) is 0.560. The van der Waals surface area contributed by atoms with E-state index in [9.17, 15) is 4.79 Å². The first-order valence-electron chi connectivity index (χ1n) is 7.87. The molecule has 4 nitrogen and oxygen atoms in total. The molecule has 0 spiro atoms. The first kappa shape index (κ1) is 16.5. The molecule has 3 rings (SSSR count). The second-order valence-corrected chi connectivity index (χ2v) is 6.84. The lowest BCUT2D eigenvalue weighted by atomic mass is 10.1. The number of thiophene rings is 1. The van der Waals surface area contributed by atoms with Crippen molar-refractivity contribution in [3.63, 3.8) is 0 Å². The van der Waals surface area contributed by atoms with Crippen LogP contribution < -0.4 is 10.6 Å². The fraction of sp³-hybridized carbons (Fsp3) is 0.211. The maximum absolute atomic E-state index is 12.3. The summed E-state index contributed by atoms with van der Waals surface area (Å²) < 4.78 is 0. The standard InChI is InChI=1S/C19H21N3OS/c1-22(2)17(18-11-6-12-24-18)13-20-19(23)21-16-10-5-8-14-7-3-4-9-15(14)16/h3-12,17H,13H2,1-2H3,(H2,20,21,23). The smallest absolute Gasteiger partial charge is 0.319 e. The summed E-state index contributed by atoms with van der Waals surface area (Å²) in [7, 11) is 4.04. The van der Waals surface area contributed by atoms with E-state index in [4.69, 9.17) is 0 Å². The average molecular weight is 339 g/mol. The molecule has 1 atom stereocenters. The number of hydrogen-bond acceptors (Lipinski definition) is 3. The molecule has 2 aromatic carbocycles. The van der Waals surface area contributed by atoms with E-state index < -0.39 is 0 Å². The van der Waals surface area contributed by atoms with Crippen molar-refractivity contribution in [2.24, 2.45) is 0 Å². The second-order valence-electron chi connectivity index (χ2n) is 5.86. The van der Waals surface area contributed by atoms with Gasteiger partial charge in [0.2, 0.25) is 0 Å². The van der Waals surface area contributed by atoms with Gasteiger partial charge in [0.15, 0.2) is 0 Å². The van der Waals surface area contributed by atoms with E-state index >= 15 is 0 Å². The normalized spacial score (nSPS) is 12.3. The van der Waals surface area contributed by atoms with E-state index in [2.05, 4.69) is 27.0 Å². The molecule has 3 aromatic rings. The number of amides is 2. The number of carbonyl (C=O) groups excluding carboxylic acids is 1. The lowest BCUT2D eigenvalue weighted by Gasteiger charge is -2.23. The molecule has 24 heavy (non-hydrogen) atoms. The zero-order valence-electron chi connectivity index (χ0n) is 13.8. The van der Waals surface area contributed by atoms with Crippen LogP contribution >= 0.6 is 11.3 Å². The molecule has 2 N–H and O–H groups in total. The molecule has 1 heterocycles. The number of carbonyl (C=O) groups is 1. The van der Waals surface area contributed by atoms with E-state index in [-0.39, 0.29) is 12.1 Å². The van der Waals surface area contributed by atoms with Crippen molar-refractivity contribution in [3.8, 4) is 0 Å². The van der Waals surface area contributed by atoms with E-state index in [1.54, 1.807) is 11.3 Å². The van der Waals surface area contributed by atoms with Crippen LogP contribution in [-0.2, 0) is 0 Å². The largest absolute Gasteiger partial charge is 0.336 e. The highest BCUT2D eigenvalue weighted by Gasteiger charge is 2.16. The highest BCUT2D eigenvalue weighted by atomic mass is 32.1. The third kappa shape index (κ3) is 3.75. The van der Waals surface area contributed by atoms with E-state index in [1.165, 1.54) is 4.88 Å². The lowest BCUT2D eigenvalue weighted by molar-refractivity contribution is 0.244. The van der Waals surface area contributed by atoms with Crippen LogP contribution in [0, 0.1) is 0 Å². The average Bonchev–Trinajstić information content (AvgIpc) is 3.09. The molecule has 0 aliphatic heterocycles. The van der Waals surface area contributed by atoms with Crippen LogP contribution in [0.25, 0.3) is 10.8 Å². The van der Waals surface area contributed by atoms with E-state index in [0.717, 1.165) is 16.5 Å². The van der Waals surface area contributed by atoms with Gasteiger partial charge in [-0.15, -0.1) is 11.3 Å². The number of nitrogens with zero attached hydrogens (tertiary/aromatic N) is 1. The second kappa shape index (κ2) is 7.47. The van der Waals surface area contributed by atoms with Gasteiger partial charge < -0.3 is 15.5 Å². The Morgan fingerprint density at radius 3 is 2.62 bits per heavy atom. The van der Waals surface area contributed by atoms with Gasteiger partial charge in [-0.25, -0.2) is 4.79 Å². The summed E-state index contributed by atoms with van der Waals surface area (Å²) in [5.41, 5.74) is 0.822. The van der Waals surface area contributed by atoms with Crippen molar-refractivity contribution in [2.45, 2.75) is 6.04 Å². The number of nitrogens with one attached hydrogen (secondary N) is 2. The number of hydrogen-bond donors (Lipinski definition) is 2. The van der Waals surface area contributed by atoms with Gasteiger partial charge in [-0.3, -0.25) is 0 Å². The summed E-state index contributed by atoms with van der Waals surface area (Å²) in [4.78, 5) is 15.7. The molecule has 124 valence electrons. The van der Waals surface area contributed by atoms with Crippen molar-refractivity contribution in [1.29, 1.82) is 0 Å². The van der Waals surface area contributed by atoms with Gasteiger partial charge in [0.1, 0.15) is 0 Å². The summed E-state index contributed by atoms with van der Waals surface area (Å²) in [6, 6.07) is 18.0. The van der Waals surface area contributed by atoms with Gasteiger partial charge in [-0.1, -0.05) is 42.5 Å². The molecule has 0 aliphatic carbocycles. The van der Waals surface area contributed by atoms with Gasteiger partial charge >= 0.3 is 6.03 Å². The summed E-state index contributed by atoms with van der Waals surface area (Å²) in [6.07, 6.45) is 0. The minimum Gasteiger partial charge on any atom is -0.336 e. The van der Waals surface area contributed by atoms with Gasteiger partial charge in [0.25, 0.3) is 0 Å². The van der Waals surface area contributed by atoms with Gasteiger partial charge in [0, 0.05) is 16.8 Å². The van der Waals surface area contributed by atoms with Crippen LogP contribution in [0.15, 0.2) is 60.0 Å². The third-order valence-corrected chi connectivity index (χ3v) is 4.96. The fourth-order valence-electron chi connectivity index (χ4n) is 2.71. The molecule has 2 amide bonds. The number of benzene rings is 2. The lowest BCUT2D eigenvalue weighted by Crippen LogP contribution is -2.36. The molecular weight excluding hydrogens is 318 g/mol. The van der Waals surface area contributed by atoms with Crippen molar-refractivity contribution >= 4 is 33.8 Å². The Morgan fingerprint density at radius 1 is 1.08 bits per heavy atom. The van der Waals surface area contributed by atoms with Crippen molar-refractivity contribution in [1.82, 2.24) is 10.2 Å². The molecule has 0 fully saturated rings. The number of urea groups is 1. The molecule has 1 unspecified atom stereocenters. The van der Waals surface area contributed by atoms with Gasteiger partial charge in [-0.2, -0.15) is 0 Å². The zero-order chi connectivity index (χ0) is 16.9. The molecule has 0 saturated carbocycles. The Hall–Kier alpha value is -2.37. The molecule has 1 aromatic heterocycles. The highest BCUT2D eigenvalue weighted by Crippen LogP contribution is 2.24. The van der Waals surface area contributed by atoms with Crippen molar-refractivity contribution in [3.05, 3.63) is 64.9 Å². The minimum atomic E-state index is -0.185. The first-order chi connectivity index (χ1) is 11.6. The minimum absolute atomic E-state index is 0.170. The van der Waals surface area contributed by atoms with Gasteiger partial charge in [-0.05, 0) is 37.0 Å². The Bertz CT molecular complexity index is 809. The summed E-state index contributed by atoms with van der Waals surface area (Å²) >= 11 is 1.70. The van der Waals surface area contributed by atoms with Crippen molar-refractivity contribution < 1.29 is 4.79 Å². The Kier molecular flexibility index (Phi) is 5.13. The van der Waals surface area contributed by atoms with Crippen LogP contribution in [0.3, 0.4) is 0 Å².